The molecule has 44 heavy (non-hydrogen) atoms. The van der Waals surface area contributed by atoms with Crippen molar-refractivity contribution in [2.45, 2.75) is 0 Å². The second kappa shape index (κ2) is 12.8. The molecular formula is C34H31N9O. The first-order valence-corrected chi connectivity index (χ1v) is 14.5. The second-order valence-corrected chi connectivity index (χ2v) is 10.8. The van der Waals surface area contributed by atoms with E-state index in [0.717, 1.165) is 60.7 Å². The number of nitrogens with zero attached hydrogens (tertiary/aromatic N) is 8. The number of carbonyl (C=O) groups is 1. The molecule has 0 saturated carbocycles. The quantitative estimate of drug-likeness (QED) is 0.282. The van der Waals surface area contributed by atoms with Gasteiger partial charge in [0.25, 0.3) is 5.91 Å². The summed E-state index contributed by atoms with van der Waals surface area (Å²) < 4.78 is 1.73. The zero-order chi connectivity index (χ0) is 30.5. The number of amides is 1. The maximum Gasteiger partial charge on any atom is 0.251 e. The van der Waals surface area contributed by atoms with Crippen molar-refractivity contribution in [3.63, 3.8) is 0 Å². The Kier molecular flexibility index (Phi) is 8.28. The number of hydrogen-bond donors (Lipinski definition) is 1. The average Bonchev–Trinajstić information content (AvgIpc) is 3.50. The van der Waals surface area contributed by atoms with Gasteiger partial charge in [-0.25, -0.2) is 9.67 Å². The summed E-state index contributed by atoms with van der Waals surface area (Å²) in [6.45, 7) is 5.53. The summed E-state index contributed by atoms with van der Waals surface area (Å²) in [7, 11) is 2.13. The fourth-order valence-corrected chi connectivity index (χ4v) is 5.34. The van der Waals surface area contributed by atoms with Crippen LogP contribution in [0.15, 0.2) is 91.3 Å². The van der Waals surface area contributed by atoms with Crippen LogP contribution in [-0.4, -0.2) is 76.8 Å². The molecule has 3 heterocycles. The van der Waals surface area contributed by atoms with Crippen LogP contribution in [0.25, 0.3) is 16.7 Å². The lowest BCUT2D eigenvalue weighted by Crippen LogP contribution is -2.46. The predicted molar refractivity (Wildman–Crippen MR) is 169 cm³/mol. The van der Waals surface area contributed by atoms with E-state index in [-0.39, 0.29) is 5.91 Å². The smallest absolute Gasteiger partial charge is 0.251 e. The molecule has 6 rings (SSSR count). The van der Waals surface area contributed by atoms with E-state index in [9.17, 15) is 15.3 Å². The van der Waals surface area contributed by atoms with Crippen molar-refractivity contribution in [2.75, 3.05) is 51.2 Å². The lowest BCUT2D eigenvalue weighted by Gasteiger charge is -2.32. The van der Waals surface area contributed by atoms with Crippen LogP contribution in [0.5, 0.6) is 0 Å². The van der Waals surface area contributed by atoms with Gasteiger partial charge in [0.15, 0.2) is 5.82 Å². The second-order valence-electron chi connectivity index (χ2n) is 10.8. The molecule has 2 aromatic heterocycles. The van der Waals surface area contributed by atoms with E-state index in [4.69, 9.17) is 0 Å². The third-order valence-corrected chi connectivity index (χ3v) is 7.85. The van der Waals surface area contributed by atoms with Gasteiger partial charge in [-0.05, 0) is 85.9 Å². The molecule has 3 aromatic carbocycles. The van der Waals surface area contributed by atoms with Crippen molar-refractivity contribution >= 4 is 33.9 Å². The zero-order valence-electron chi connectivity index (χ0n) is 24.4. The Morgan fingerprint density at radius 1 is 0.864 bits per heavy atom. The molecule has 1 amide bonds. The molecule has 1 N–H and O–H groups in total. The molecule has 1 fully saturated rings. The van der Waals surface area contributed by atoms with Crippen LogP contribution >= 0.6 is 0 Å². The van der Waals surface area contributed by atoms with E-state index in [2.05, 4.69) is 49.3 Å². The minimum atomic E-state index is -0.137. The SMILES string of the molecule is CN1CCN(CCNC(=O)c2ccnc(-n3ncc4cc(N(c5ccc(C#N)cc5)c5ccc(C#N)cc5)ccc43)c2)CC1. The number of pyridine rings is 1. The van der Waals surface area contributed by atoms with Gasteiger partial charge in [-0.3, -0.25) is 9.69 Å². The Bertz CT molecular complexity index is 1800. The molecule has 10 nitrogen and oxygen atoms in total. The Labute approximate surface area is 256 Å². The Balaban J connectivity index is 1.24. The highest BCUT2D eigenvalue weighted by atomic mass is 16.1. The number of nitriles is 2. The van der Waals surface area contributed by atoms with E-state index >= 15 is 0 Å². The molecule has 10 heteroatoms. The Hall–Kier alpha value is -5.55. The molecule has 0 atom stereocenters. The molecule has 5 aromatic rings. The lowest BCUT2D eigenvalue weighted by molar-refractivity contribution is 0.0941. The van der Waals surface area contributed by atoms with Crippen molar-refractivity contribution in [1.29, 1.82) is 10.5 Å². The minimum absolute atomic E-state index is 0.137. The number of piperazine rings is 1. The Morgan fingerprint density at radius 2 is 1.50 bits per heavy atom. The first kappa shape index (κ1) is 28.6. The van der Waals surface area contributed by atoms with Gasteiger partial charge < -0.3 is 15.1 Å². The normalized spacial score (nSPS) is 13.7. The fraction of sp³-hybridized carbons (Fsp3) is 0.206. The first-order valence-electron chi connectivity index (χ1n) is 14.5. The largest absolute Gasteiger partial charge is 0.351 e. The molecular weight excluding hydrogens is 550 g/mol. The summed E-state index contributed by atoms with van der Waals surface area (Å²) >= 11 is 0. The topological polar surface area (TPSA) is 117 Å². The summed E-state index contributed by atoms with van der Waals surface area (Å²) in [5, 5.41) is 27.1. The van der Waals surface area contributed by atoms with Crippen LogP contribution in [-0.2, 0) is 0 Å². The number of likely N-dealkylation sites (N-methyl/N-ethyl adjacent to an activating group) is 1. The lowest BCUT2D eigenvalue weighted by atomic mass is 10.1. The molecule has 0 unspecified atom stereocenters. The molecule has 0 radical (unpaired) electrons. The molecule has 1 saturated heterocycles. The van der Waals surface area contributed by atoms with Crippen LogP contribution in [0.3, 0.4) is 0 Å². The van der Waals surface area contributed by atoms with Crippen LogP contribution in [0.4, 0.5) is 17.1 Å². The number of fused-ring (bicyclic) bond motifs is 1. The summed E-state index contributed by atoms with van der Waals surface area (Å²) in [4.78, 5) is 24.2. The molecule has 218 valence electrons. The molecule has 0 spiro atoms. The van der Waals surface area contributed by atoms with Gasteiger partial charge in [0.1, 0.15) is 0 Å². The Morgan fingerprint density at radius 3 is 2.14 bits per heavy atom. The van der Waals surface area contributed by atoms with Gasteiger partial charge in [-0.15, -0.1) is 0 Å². The fourth-order valence-electron chi connectivity index (χ4n) is 5.34. The van der Waals surface area contributed by atoms with Crippen LogP contribution < -0.4 is 10.2 Å². The molecule has 0 aliphatic carbocycles. The minimum Gasteiger partial charge on any atom is -0.351 e. The highest BCUT2D eigenvalue weighted by molar-refractivity contribution is 5.94. The van der Waals surface area contributed by atoms with E-state index in [0.29, 0.717) is 29.1 Å². The van der Waals surface area contributed by atoms with Crippen LogP contribution in [0, 0.1) is 22.7 Å². The molecule has 1 aliphatic heterocycles. The third kappa shape index (κ3) is 6.13. The van der Waals surface area contributed by atoms with Crippen molar-refractivity contribution in [3.05, 3.63) is 108 Å². The maximum absolute atomic E-state index is 13.0. The number of carbonyl (C=O) groups excluding carboxylic acids is 1. The summed E-state index contributed by atoms with van der Waals surface area (Å²) in [5.74, 6) is 0.414. The average molecular weight is 582 g/mol. The van der Waals surface area contributed by atoms with Crippen molar-refractivity contribution < 1.29 is 4.79 Å². The van der Waals surface area contributed by atoms with E-state index in [1.807, 2.05) is 42.5 Å². The van der Waals surface area contributed by atoms with Gasteiger partial charge in [0.05, 0.1) is 35.0 Å². The van der Waals surface area contributed by atoms with Gasteiger partial charge in [0.2, 0.25) is 0 Å². The monoisotopic (exact) mass is 581 g/mol. The van der Waals surface area contributed by atoms with Gasteiger partial charge in [-0.1, -0.05) is 0 Å². The summed E-state index contributed by atoms with van der Waals surface area (Å²) in [6.07, 6.45) is 3.41. The number of rotatable bonds is 8. The van der Waals surface area contributed by atoms with Gasteiger partial charge in [-0.2, -0.15) is 15.6 Å². The van der Waals surface area contributed by atoms with E-state index < -0.39 is 0 Å². The van der Waals surface area contributed by atoms with Crippen molar-refractivity contribution in [3.8, 4) is 18.0 Å². The summed E-state index contributed by atoms with van der Waals surface area (Å²) in [6, 6.07) is 28.5. The van der Waals surface area contributed by atoms with Crippen LogP contribution in [0.2, 0.25) is 0 Å². The number of benzene rings is 3. The van der Waals surface area contributed by atoms with E-state index in [1.54, 1.807) is 53.5 Å². The summed E-state index contributed by atoms with van der Waals surface area (Å²) in [5.41, 5.74) is 5.14. The number of hydrogen-bond acceptors (Lipinski definition) is 8. The number of aromatic nitrogens is 3. The van der Waals surface area contributed by atoms with Gasteiger partial charge in [0, 0.05) is 73.5 Å². The highest BCUT2D eigenvalue weighted by Gasteiger charge is 2.17. The zero-order valence-corrected chi connectivity index (χ0v) is 24.4. The predicted octanol–water partition coefficient (Wildman–Crippen LogP) is 4.61. The van der Waals surface area contributed by atoms with E-state index in [1.165, 1.54) is 0 Å². The highest BCUT2D eigenvalue weighted by Crippen LogP contribution is 2.36. The maximum atomic E-state index is 13.0. The molecule has 1 aliphatic rings. The van der Waals surface area contributed by atoms with Gasteiger partial charge >= 0.3 is 0 Å². The van der Waals surface area contributed by atoms with Crippen molar-refractivity contribution in [1.82, 2.24) is 29.9 Å². The third-order valence-electron chi connectivity index (χ3n) is 7.85. The first-order chi connectivity index (χ1) is 21.5. The van der Waals surface area contributed by atoms with Crippen molar-refractivity contribution in [2.24, 2.45) is 0 Å². The number of anilines is 3. The molecule has 0 bridgehead atoms. The standard InChI is InChI=1S/C34H31N9O/c1-40-16-18-41(19-17-40)15-14-38-34(44)27-12-13-37-33(21-27)43-32-11-10-31(20-28(32)24-39-43)42(29-6-2-25(22-35)3-7-29)30-8-4-26(23-36)5-9-30/h2-13,20-21,24H,14-19H2,1H3,(H,38,44). The van der Waals surface area contributed by atoms with Crippen LogP contribution in [0.1, 0.15) is 21.5 Å². The number of nitrogens with one attached hydrogen (secondary N) is 1.